The van der Waals surface area contributed by atoms with E-state index in [4.69, 9.17) is 14.2 Å². The molecule has 22 heavy (non-hydrogen) atoms. The second-order valence-corrected chi connectivity index (χ2v) is 5.10. The lowest BCUT2D eigenvalue weighted by Gasteiger charge is -2.18. The molecular weight excluding hydrogens is 286 g/mol. The van der Waals surface area contributed by atoms with E-state index in [1.807, 2.05) is 4.57 Å². The van der Waals surface area contributed by atoms with Gasteiger partial charge in [-0.3, -0.25) is 4.79 Å². The molecule has 7 nitrogen and oxygen atoms in total. The minimum atomic E-state index is -0.251. The summed E-state index contributed by atoms with van der Waals surface area (Å²) in [5.41, 5.74) is 1.03. The van der Waals surface area contributed by atoms with Crippen LogP contribution in [0, 0.1) is 0 Å². The lowest BCUT2D eigenvalue weighted by atomic mass is 10.2. The van der Waals surface area contributed by atoms with E-state index in [-0.39, 0.29) is 5.91 Å². The number of hydrogen-bond donors (Lipinski definition) is 1. The predicted molar refractivity (Wildman–Crippen MR) is 77.3 cm³/mol. The van der Waals surface area contributed by atoms with E-state index < -0.39 is 0 Å². The van der Waals surface area contributed by atoms with E-state index in [9.17, 15) is 4.79 Å². The van der Waals surface area contributed by atoms with Crippen molar-refractivity contribution >= 4 is 11.6 Å². The van der Waals surface area contributed by atoms with Crippen LogP contribution >= 0.6 is 0 Å². The summed E-state index contributed by atoms with van der Waals surface area (Å²) in [5.74, 6) is 1.86. The summed E-state index contributed by atoms with van der Waals surface area (Å²) in [6, 6.07) is 5.33. The van der Waals surface area contributed by atoms with E-state index in [0.29, 0.717) is 49.3 Å². The molecule has 7 heteroatoms. The summed E-state index contributed by atoms with van der Waals surface area (Å²) < 4.78 is 18.2. The van der Waals surface area contributed by atoms with Crippen LogP contribution in [0.15, 0.2) is 24.4 Å². The molecule has 1 aromatic carbocycles. The topological polar surface area (TPSA) is 74.6 Å². The Morgan fingerprint density at radius 2 is 2.05 bits per heavy atom. The van der Waals surface area contributed by atoms with Crippen molar-refractivity contribution in [2.45, 2.75) is 13.2 Å². The zero-order chi connectivity index (χ0) is 14.9. The maximum atomic E-state index is 12.3. The first kappa shape index (κ1) is 13.1. The molecule has 2 aliphatic rings. The number of anilines is 1. The van der Waals surface area contributed by atoms with Gasteiger partial charge in [-0.1, -0.05) is 0 Å². The third-order valence-electron chi connectivity index (χ3n) is 3.60. The van der Waals surface area contributed by atoms with Crippen LogP contribution in [0.25, 0.3) is 0 Å². The lowest BCUT2D eigenvalue weighted by molar-refractivity contribution is 0.0816. The highest BCUT2D eigenvalue weighted by molar-refractivity contribution is 6.03. The highest BCUT2D eigenvalue weighted by Crippen LogP contribution is 2.32. The lowest BCUT2D eigenvalue weighted by Crippen LogP contribution is -2.16. The minimum absolute atomic E-state index is 0.251. The van der Waals surface area contributed by atoms with Gasteiger partial charge in [-0.25, -0.2) is 4.98 Å². The van der Waals surface area contributed by atoms with Crippen molar-refractivity contribution in [3.63, 3.8) is 0 Å². The summed E-state index contributed by atoms with van der Waals surface area (Å²) in [5, 5.41) is 2.83. The Bertz CT molecular complexity index is 702. The molecular formula is C15H15N3O4. The normalized spacial score (nSPS) is 16.0. The highest BCUT2D eigenvalue weighted by Gasteiger charge is 2.18. The summed E-state index contributed by atoms with van der Waals surface area (Å²) in [4.78, 5) is 16.6. The van der Waals surface area contributed by atoms with Gasteiger partial charge in [0.25, 0.3) is 5.91 Å². The summed E-state index contributed by atoms with van der Waals surface area (Å²) in [7, 11) is 0. The molecule has 0 saturated carbocycles. The number of rotatable bonds is 2. The van der Waals surface area contributed by atoms with Gasteiger partial charge in [0.05, 0.1) is 6.61 Å². The molecule has 2 aromatic rings. The molecule has 0 atom stereocenters. The van der Waals surface area contributed by atoms with Gasteiger partial charge in [-0.05, 0) is 12.1 Å². The van der Waals surface area contributed by atoms with Gasteiger partial charge in [0.2, 0.25) is 0 Å². The van der Waals surface area contributed by atoms with Gasteiger partial charge < -0.3 is 24.1 Å². The van der Waals surface area contributed by atoms with E-state index in [1.54, 1.807) is 24.4 Å². The molecule has 1 aromatic heterocycles. The van der Waals surface area contributed by atoms with Crippen LogP contribution in [0.1, 0.15) is 16.3 Å². The van der Waals surface area contributed by atoms with Crippen LogP contribution in [-0.2, 0) is 17.9 Å². The second kappa shape index (κ2) is 5.34. The van der Waals surface area contributed by atoms with Crippen molar-refractivity contribution in [3.05, 3.63) is 35.9 Å². The number of nitrogens with zero attached hydrogens (tertiary/aromatic N) is 2. The predicted octanol–water partition coefficient (Wildman–Crippen LogP) is 1.44. The van der Waals surface area contributed by atoms with Gasteiger partial charge in [-0.2, -0.15) is 0 Å². The first-order chi connectivity index (χ1) is 10.8. The number of nitrogens with one attached hydrogen (secondary N) is 1. The zero-order valence-electron chi connectivity index (χ0n) is 11.9. The number of imidazole rings is 1. The van der Waals surface area contributed by atoms with E-state index >= 15 is 0 Å². The molecule has 114 valence electrons. The maximum absolute atomic E-state index is 12.3. The van der Waals surface area contributed by atoms with Gasteiger partial charge in [-0.15, -0.1) is 0 Å². The number of carbonyl (C=O) groups is 1. The zero-order valence-corrected chi connectivity index (χ0v) is 11.9. The standard InChI is InChI=1S/C15H15N3O4/c19-15(11-8-18-3-4-20-9-14(18)17-11)16-10-1-2-12-13(7-10)22-6-5-21-12/h1-2,7-8H,3-6,9H2,(H,16,19). The molecule has 1 N–H and O–H groups in total. The fraction of sp³-hybridized carbons (Fsp3) is 0.333. The molecule has 0 bridgehead atoms. The average Bonchev–Trinajstić information content (AvgIpc) is 2.99. The van der Waals surface area contributed by atoms with Crippen molar-refractivity contribution in [2.75, 3.05) is 25.1 Å². The Labute approximate surface area is 126 Å². The fourth-order valence-corrected chi connectivity index (χ4v) is 2.52. The molecule has 1 amide bonds. The highest BCUT2D eigenvalue weighted by atomic mass is 16.6. The van der Waals surface area contributed by atoms with Crippen LogP contribution in [0.3, 0.4) is 0 Å². The number of ether oxygens (including phenoxy) is 3. The van der Waals surface area contributed by atoms with Gasteiger partial charge in [0.15, 0.2) is 11.5 Å². The third-order valence-corrected chi connectivity index (χ3v) is 3.60. The largest absolute Gasteiger partial charge is 0.486 e. The summed E-state index contributed by atoms with van der Waals surface area (Å²) in [6.07, 6.45) is 1.76. The van der Waals surface area contributed by atoms with Gasteiger partial charge in [0, 0.05) is 24.5 Å². The van der Waals surface area contributed by atoms with E-state index in [2.05, 4.69) is 10.3 Å². The molecule has 0 radical (unpaired) electrons. The molecule has 0 fully saturated rings. The van der Waals surface area contributed by atoms with Crippen molar-refractivity contribution < 1.29 is 19.0 Å². The summed E-state index contributed by atoms with van der Waals surface area (Å²) in [6.45, 7) is 2.86. The smallest absolute Gasteiger partial charge is 0.275 e. The first-order valence-corrected chi connectivity index (χ1v) is 7.14. The Kier molecular flexibility index (Phi) is 3.19. The monoisotopic (exact) mass is 301 g/mol. The van der Waals surface area contributed by atoms with Gasteiger partial charge in [0.1, 0.15) is 31.3 Å². The van der Waals surface area contributed by atoms with Crippen molar-refractivity contribution in [1.82, 2.24) is 9.55 Å². The third kappa shape index (κ3) is 2.39. The molecule has 0 spiro atoms. The number of fused-ring (bicyclic) bond motifs is 2. The molecule has 4 rings (SSSR count). The Morgan fingerprint density at radius 1 is 1.18 bits per heavy atom. The minimum Gasteiger partial charge on any atom is -0.486 e. The number of aromatic nitrogens is 2. The number of carbonyl (C=O) groups excluding carboxylic acids is 1. The second-order valence-electron chi connectivity index (χ2n) is 5.10. The van der Waals surface area contributed by atoms with Crippen molar-refractivity contribution in [3.8, 4) is 11.5 Å². The Morgan fingerprint density at radius 3 is 2.91 bits per heavy atom. The van der Waals surface area contributed by atoms with E-state index in [0.717, 1.165) is 12.4 Å². The van der Waals surface area contributed by atoms with Crippen molar-refractivity contribution in [2.24, 2.45) is 0 Å². The number of amides is 1. The number of benzene rings is 1. The summed E-state index contributed by atoms with van der Waals surface area (Å²) >= 11 is 0. The Balaban J connectivity index is 1.53. The van der Waals surface area contributed by atoms with Crippen LogP contribution in [0.5, 0.6) is 11.5 Å². The molecule has 3 heterocycles. The Hall–Kier alpha value is -2.54. The molecule has 0 saturated heterocycles. The van der Waals surface area contributed by atoms with Crippen LogP contribution in [0.4, 0.5) is 5.69 Å². The van der Waals surface area contributed by atoms with Crippen LogP contribution < -0.4 is 14.8 Å². The quantitative estimate of drug-likeness (QED) is 0.908. The van der Waals surface area contributed by atoms with Gasteiger partial charge >= 0.3 is 0 Å². The van der Waals surface area contributed by atoms with Crippen LogP contribution in [0.2, 0.25) is 0 Å². The number of hydrogen-bond acceptors (Lipinski definition) is 5. The average molecular weight is 301 g/mol. The SMILES string of the molecule is O=C(Nc1ccc2c(c1)OCCO2)c1cn2c(n1)COCC2. The molecule has 0 aliphatic carbocycles. The van der Waals surface area contributed by atoms with Crippen LogP contribution in [-0.4, -0.2) is 35.3 Å². The maximum Gasteiger partial charge on any atom is 0.275 e. The molecule has 2 aliphatic heterocycles. The fourth-order valence-electron chi connectivity index (χ4n) is 2.52. The van der Waals surface area contributed by atoms with Crippen molar-refractivity contribution in [1.29, 1.82) is 0 Å². The molecule has 0 unspecified atom stereocenters. The first-order valence-electron chi connectivity index (χ1n) is 7.14. The van der Waals surface area contributed by atoms with E-state index in [1.165, 1.54) is 0 Å².